The van der Waals surface area contributed by atoms with Gasteiger partial charge in [-0.25, -0.2) is 4.39 Å². The number of nitrogens with zero attached hydrogens (tertiary/aromatic N) is 2. The molecule has 0 bridgehead atoms. The van der Waals surface area contributed by atoms with Gasteiger partial charge in [-0.15, -0.1) is 0 Å². The van der Waals surface area contributed by atoms with Crippen LogP contribution in [0.15, 0.2) is 30.3 Å². The second-order valence-electron chi connectivity index (χ2n) is 4.37. The first-order valence-corrected chi connectivity index (χ1v) is 6.14. The number of hydrogen-bond donors (Lipinski definition) is 1. The smallest absolute Gasteiger partial charge is 0.276 e. The Morgan fingerprint density at radius 1 is 1.38 bits per heavy atom. The number of aliphatic hydroxyl groups excluding tert-OH is 1. The van der Waals surface area contributed by atoms with E-state index in [0.717, 1.165) is 18.2 Å². The number of aliphatic hydroxyl groups is 1. The topological polar surface area (TPSA) is 85.5 Å². The lowest BCUT2D eigenvalue weighted by atomic mass is 10.2. The molecule has 21 heavy (non-hydrogen) atoms. The van der Waals surface area contributed by atoms with Gasteiger partial charge in [0.25, 0.3) is 5.69 Å². The van der Waals surface area contributed by atoms with Crippen LogP contribution in [0.25, 0.3) is 0 Å². The third-order valence-electron chi connectivity index (χ3n) is 2.84. The van der Waals surface area contributed by atoms with Crippen LogP contribution in [0.5, 0.6) is 5.75 Å². The molecule has 110 valence electrons. The molecule has 0 saturated heterocycles. The average molecular weight is 292 g/mol. The van der Waals surface area contributed by atoms with Crippen molar-refractivity contribution in [1.29, 1.82) is 0 Å². The summed E-state index contributed by atoms with van der Waals surface area (Å²) in [5, 5.41) is 20.1. The fourth-order valence-corrected chi connectivity index (χ4v) is 1.85. The van der Waals surface area contributed by atoms with Crippen molar-refractivity contribution in [3.05, 3.63) is 63.2 Å². The molecule has 0 saturated carbocycles. The monoisotopic (exact) mass is 292 g/mol. The Morgan fingerprint density at radius 3 is 2.81 bits per heavy atom. The van der Waals surface area contributed by atoms with Crippen LogP contribution in [-0.2, 0) is 13.2 Å². The first-order chi connectivity index (χ1) is 10.0. The third-order valence-corrected chi connectivity index (χ3v) is 2.84. The van der Waals surface area contributed by atoms with Crippen molar-refractivity contribution >= 4 is 5.69 Å². The van der Waals surface area contributed by atoms with Crippen LogP contribution in [0.2, 0.25) is 0 Å². The van der Waals surface area contributed by atoms with E-state index in [1.165, 1.54) is 0 Å². The molecule has 0 fully saturated rings. The number of pyridine rings is 1. The van der Waals surface area contributed by atoms with Gasteiger partial charge in [0.05, 0.1) is 17.1 Å². The van der Waals surface area contributed by atoms with Gasteiger partial charge in [0, 0.05) is 11.8 Å². The van der Waals surface area contributed by atoms with Crippen LogP contribution in [-0.4, -0.2) is 15.0 Å². The summed E-state index contributed by atoms with van der Waals surface area (Å²) in [6.45, 7) is 1.26. The standard InChI is InChI=1S/C14H13FN2O4/c1-9-2-5-14(12(7-18)16-9)21-8-10-6-11(15)3-4-13(10)17(19)20/h2-6,18H,7-8H2,1H3. The summed E-state index contributed by atoms with van der Waals surface area (Å²) in [5.41, 5.74) is 0.934. The minimum absolute atomic E-state index is 0.115. The molecule has 1 N–H and O–H groups in total. The lowest BCUT2D eigenvalue weighted by Gasteiger charge is -2.10. The number of aromatic nitrogens is 1. The normalized spacial score (nSPS) is 10.4. The molecule has 0 radical (unpaired) electrons. The highest BCUT2D eigenvalue weighted by atomic mass is 19.1. The summed E-state index contributed by atoms with van der Waals surface area (Å²) >= 11 is 0. The molecule has 1 heterocycles. The Morgan fingerprint density at radius 2 is 2.14 bits per heavy atom. The van der Waals surface area contributed by atoms with Crippen LogP contribution >= 0.6 is 0 Å². The number of rotatable bonds is 5. The predicted molar refractivity (Wildman–Crippen MR) is 72.3 cm³/mol. The van der Waals surface area contributed by atoms with Crippen LogP contribution in [0.4, 0.5) is 10.1 Å². The number of ether oxygens (including phenoxy) is 1. The van der Waals surface area contributed by atoms with E-state index in [4.69, 9.17) is 4.74 Å². The minimum atomic E-state index is -0.599. The summed E-state index contributed by atoms with van der Waals surface area (Å²) in [4.78, 5) is 14.4. The molecule has 0 unspecified atom stereocenters. The van der Waals surface area contributed by atoms with Gasteiger partial charge in [-0.3, -0.25) is 15.1 Å². The molecule has 0 atom stereocenters. The van der Waals surface area contributed by atoms with Crippen LogP contribution in [0.1, 0.15) is 17.0 Å². The molecule has 0 aliphatic rings. The zero-order chi connectivity index (χ0) is 15.4. The van der Waals surface area contributed by atoms with E-state index in [0.29, 0.717) is 17.1 Å². The highest BCUT2D eigenvalue weighted by Crippen LogP contribution is 2.23. The molecule has 1 aromatic heterocycles. The van der Waals surface area contributed by atoms with E-state index in [1.807, 2.05) is 0 Å². The van der Waals surface area contributed by atoms with E-state index in [2.05, 4.69) is 4.98 Å². The largest absolute Gasteiger partial charge is 0.487 e. The second-order valence-corrected chi connectivity index (χ2v) is 4.37. The quantitative estimate of drug-likeness (QED) is 0.676. The lowest BCUT2D eigenvalue weighted by molar-refractivity contribution is -0.385. The van der Waals surface area contributed by atoms with Crippen molar-refractivity contribution in [2.75, 3.05) is 0 Å². The number of nitro benzene ring substituents is 1. The molecule has 2 rings (SSSR count). The van der Waals surface area contributed by atoms with Crippen LogP contribution in [0.3, 0.4) is 0 Å². The van der Waals surface area contributed by atoms with Crippen molar-refractivity contribution in [2.24, 2.45) is 0 Å². The van der Waals surface area contributed by atoms with Crippen LogP contribution in [0, 0.1) is 22.9 Å². The fourth-order valence-electron chi connectivity index (χ4n) is 1.85. The molecule has 0 aliphatic heterocycles. The van der Waals surface area contributed by atoms with E-state index >= 15 is 0 Å². The number of halogens is 1. The molecule has 7 heteroatoms. The van der Waals surface area contributed by atoms with Gasteiger partial charge >= 0.3 is 0 Å². The maximum atomic E-state index is 13.2. The predicted octanol–water partition coefficient (Wildman–Crippen LogP) is 2.51. The molecule has 0 aliphatic carbocycles. The average Bonchev–Trinajstić information content (AvgIpc) is 2.45. The maximum absolute atomic E-state index is 13.2. The van der Waals surface area contributed by atoms with Crippen LogP contribution < -0.4 is 4.74 Å². The Kier molecular flexibility index (Phi) is 4.44. The minimum Gasteiger partial charge on any atom is -0.487 e. The summed E-state index contributed by atoms with van der Waals surface area (Å²) in [7, 11) is 0. The Labute approximate surface area is 120 Å². The zero-order valence-electron chi connectivity index (χ0n) is 11.2. The van der Waals surface area contributed by atoms with Gasteiger partial charge < -0.3 is 9.84 Å². The summed E-state index contributed by atoms with van der Waals surface area (Å²) < 4.78 is 18.6. The van der Waals surface area contributed by atoms with Gasteiger partial charge in [0.2, 0.25) is 0 Å². The molecule has 0 spiro atoms. The van der Waals surface area contributed by atoms with E-state index in [9.17, 15) is 19.6 Å². The fraction of sp³-hybridized carbons (Fsp3) is 0.214. The highest BCUT2D eigenvalue weighted by molar-refractivity contribution is 5.40. The lowest BCUT2D eigenvalue weighted by Crippen LogP contribution is -2.04. The number of benzene rings is 1. The van der Waals surface area contributed by atoms with Crippen molar-refractivity contribution in [2.45, 2.75) is 20.1 Å². The summed E-state index contributed by atoms with van der Waals surface area (Å²) in [6, 6.07) is 6.47. The summed E-state index contributed by atoms with van der Waals surface area (Å²) in [5.74, 6) is -0.273. The summed E-state index contributed by atoms with van der Waals surface area (Å²) in [6.07, 6.45) is 0. The Bertz CT molecular complexity index is 676. The van der Waals surface area contributed by atoms with E-state index in [1.54, 1.807) is 19.1 Å². The van der Waals surface area contributed by atoms with Crippen molar-refractivity contribution in [3.8, 4) is 5.75 Å². The first kappa shape index (κ1) is 14.9. The van der Waals surface area contributed by atoms with Gasteiger partial charge in [-0.05, 0) is 31.2 Å². The van der Waals surface area contributed by atoms with Gasteiger partial charge in [0.15, 0.2) is 0 Å². The van der Waals surface area contributed by atoms with Gasteiger partial charge in [-0.1, -0.05) is 0 Å². The third kappa shape index (κ3) is 3.51. The molecular formula is C14H13FN2O4. The Balaban J connectivity index is 2.24. The molecule has 0 amide bonds. The first-order valence-electron chi connectivity index (χ1n) is 6.14. The molecule has 2 aromatic rings. The zero-order valence-corrected chi connectivity index (χ0v) is 11.2. The molecular weight excluding hydrogens is 279 g/mol. The van der Waals surface area contributed by atoms with E-state index < -0.39 is 10.7 Å². The number of aryl methyl sites for hydroxylation is 1. The van der Waals surface area contributed by atoms with Crippen molar-refractivity contribution in [1.82, 2.24) is 4.98 Å². The van der Waals surface area contributed by atoms with Crippen molar-refractivity contribution < 1.29 is 19.2 Å². The van der Waals surface area contributed by atoms with Gasteiger partial charge in [-0.2, -0.15) is 0 Å². The number of hydrogen-bond acceptors (Lipinski definition) is 5. The van der Waals surface area contributed by atoms with Gasteiger partial charge in [0.1, 0.15) is 23.9 Å². The Hall–Kier alpha value is -2.54. The van der Waals surface area contributed by atoms with E-state index in [-0.39, 0.29) is 24.5 Å². The van der Waals surface area contributed by atoms with Crippen molar-refractivity contribution in [3.63, 3.8) is 0 Å². The highest BCUT2D eigenvalue weighted by Gasteiger charge is 2.15. The second kappa shape index (κ2) is 6.27. The molecule has 6 nitrogen and oxygen atoms in total. The SMILES string of the molecule is Cc1ccc(OCc2cc(F)ccc2[N+](=O)[O-])c(CO)n1. The maximum Gasteiger partial charge on any atom is 0.276 e. The molecule has 1 aromatic carbocycles. The number of nitro groups is 1.